The van der Waals surface area contributed by atoms with Gasteiger partial charge in [-0.25, -0.2) is 4.79 Å². The van der Waals surface area contributed by atoms with E-state index in [1.165, 1.54) is 44.6 Å². The molecule has 0 spiro atoms. The van der Waals surface area contributed by atoms with Crippen molar-refractivity contribution in [3.05, 3.63) is 63.7 Å². The van der Waals surface area contributed by atoms with E-state index in [1.54, 1.807) is 25.1 Å². The third kappa shape index (κ3) is 6.35. The highest BCUT2D eigenvalue weighted by molar-refractivity contribution is 5.95. The van der Waals surface area contributed by atoms with Crippen molar-refractivity contribution >= 4 is 29.3 Å². The Morgan fingerprint density at radius 1 is 1.10 bits per heavy atom. The molecule has 0 saturated carbocycles. The number of amides is 1. The lowest BCUT2D eigenvalue weighted by Gasteiger charge is -2.08. The second kappa shape index (κ2) is 9.88. The number of non-ortho nitro benzene ring substituents is 1. The van der Waals surface area contributed by atoms with Crippen molar-refractivity contribution in [1.82, 2.24) is 0 Å². The fraction of sp³-hybridized carbons (Fsp3) is 0.200. The van der Waals surface area contributed by atoms with E-state index in [9.17, 15) is 19.7 Å². The first-order valence-electron chi connectivity index (χ1n) is 8.45. The van der Waals surface area contributed by atoms with Gasteiger partial charge in [0.05, 0.1) is 19.1 Å². The molecule has 0 saturated heterocycles. The zero-order valence-electron chi connectivity index (χ0n) is 16.1. The molecule has 9 nitrogen and oxygen atoms in total. The molecule has 29 heavy (non-hydrogen) atoms. The number of hydrogen-bond donors (Lipinski definition) is 1. The van der Waals surface area contributed by atoms with Crippen LogP contribution in [0.2, 0.25) is 0 Å². The SMILES string of the molecule is COc1cc(/C=C/C(=O)OCC(=O)Nc2ccc([N+](=O)[O-])cc2C)cc(OC)c1. The lowest BCUT2D eigenvalue weighted by molar-refractivity contribution is -0.384. The van der Waals surface area contributed by atoms with Crippen LogP contribution in [0.4, 0.5) is 11.4 Å². The molecule has 0 bridgehead atoms. The van der Waals surface area contributed by atoms with E-state index in [0.717, 1.165) is 0 Å². The number of nitro groups is 1. The minimum absolute atomic E-state index is 0.0776. The van der Waals surface area contributed by atoms with Crippen molar-refractivity contribution in [1.29, 1.82) is 0 Å². The molecule has 0 aromatic heterocycles. The Labute approximate surface area is 167 Å². The summed E-state index contributed by atoms with van der Waals surface area (Å²) in [7, 11) is 3.03. The van der Waals surface area contributed by atoms with Gasteiger partial charge in [-0.05, 0) is 42.3 Å². The highest BCUT2D eigenvalue weighted by Gasteiger charge is 2.11. The van der Waals surface area contributed by atoms with Crippen LogP contribution in [0.1, 0.15) is 11.1 Å². The Hall–Kier alpha value is -3.88. The average molecular weight is 400 g/mol. The molecular formula is C20H20N2O7. The summed E-state index contributed by atoms with van der Waals surface area (Å²) in [6.45, 7) is 1.13. The van der Waals surface area contributed by atoms with E-state index < -0.39 is 23.4 Å². The molecule has 0 aliphatic heterocycles. The maximum atomic E-state index is 11.9. The van der Waals surface area contributed by atoms with Crippen molar-refractivity contribution in [3.8, 4) is 11.5 Å². The van der Waals surface area contributed by atoms with E-state index >= 15 is 0 Å². The third-order valence-electron chi connectivity index (χ3n) is 3.83. The number of nitrogens with zero attached hydrogens (tertiary/aromatic N) is 1. The van der Waals surface area contributed by atoms with Crippen molar-refractivity contribution in [2.24, 2.45) is 0 Å². The van der Waals surface area contributed by atoms with E-state index in [-0.39, 0.29) is 5.69 Å². The van der Waals surface area contributed by atoms with Gasteiger partial charge in [0.15, 0.2) is 6.61 Å². The molecule has 0 radical (unpaired) electrons. The molecule has 2 aromatic rings. The summed E-state index contributed by atoms with van der Waals surface area (Å²) < 4.78 is 15.2. The Bertz CT molecular complexity index is 932. The highest BCUT2D eigenvalue weighted by Crippen LogP contribution is 2.23. The number of aryl methyl sites for hydroxylation is 1. The zero-order chi connectivity index (χ0) is 21.4. The number of ether oxygens (including phenoxy) is 3. The Morgan fingerprint density at radius 2 is 1.76 bits per heavy atom. The normalized spacial score (nSPS) is 10.4. The summed E-state index contributed by atoms with van der Waals surface area (Å²) in [5.74, 6) is -0.139. The summed E-state index contributed by atoms with van der Waals surface area (Å²) in [4.78, 5) is 34.0. The number of hydrogen-bond acceptors (Lipinski definition) is 7. The van der Waals surface area contributed by atoms with Gasteiger partial charge in [-0.1, -0.05) is 0 Å². The predicted octanol–water partition coefficient (Wildman–Crippen LogP) is 3.12. The van der Waals surface area contributed by atoms with Crippen molar-refractivity contribution in [2.75, 3.05) is 26.1 Å². The molecule has 0 aliphatic carbocycles. The predicted molar refractivity (Wildman–Crippen MR) is 106 cm³/mol. The molecule has 0 aliphatic rings. The quantitative estimate of drug-likeness (QED) is 0.313. The topological polar surface area (TPSA) is 117 Å². The van der Waals surface area contributed by atoms with Gasteiger partial charge in [0, 0.05) is 30.0 Å². The van der Waals surface area contributed by atoms with Crippen LogP contribution in [0.15, 0.2) is 42.5 Å². The number of benzene rings is 2. The van der Waals surface area contributed by atoms with Gasteiger partial charge in [-0.3, -0.25) is 14.9 Å². The number of carbonyl (C=O) groups is 2. The van der Waals surface area contributed by atoms with Crippen LogP contribution in [-0.4, -0.2) is 37.6 Å². The van der Waals surface area contributed by atoms with Gasteiger partial charge in [-0.2, -0.15) is 0 Å². The summed E-state index contributed by atoms with van der Waals surface area (Å²) in [6, 6.07) is 9.14. The van der Waals surface area contributed by atoms with Gasteiger partial charge in [0.2, 0.25) is 0 Å². The molecule has 0 fully saturated rings. The molecule has 1 N–H and O–H groups in total. The number of esters is 1. The van der Waals surface area contributed by atoms with Gasteiger partial charge < -0.3 is 19.5 Å². The minimum atomic E-state index is -0.706. The summed E-state index contributed by atoms with van der Waals surface area (Å²) in [5.41, 5.74) is 1.50. The maximum absolute atomic E-state index is 11.9. The summed E-state index contributed by atoms with van der Waals surface area (Å²) in [5, 5.41) is 13.3. The molecule has 152 valence electrons. The van der Waals surface area contributed by atoms with Crippen LogP contribution in [0.25, 0.3) is 6.08 Å². The largest absolute Gasteiger partial charge is 0.497 e. The number of nitro benzene ring substituents is 1. The first-order valence-corrected chi connectivity index (χ1v) is 8.45. The molecule has 1 amide bonds. The third-order valence-corrected chi connectivity index (χ3v) is 3.83. The number of methoxy groups -OCH3 is 2. The molecule has 0 unspecified atom stereocenters. The van der Waals surface area contributed by atoms with Crippen LogP contribution >= 0.6 is 0 Å². The smallest absolute Gasteiger partial charge is 0.331 e. The fourth-order valence-electron chi connectivity index (χ4n) is 2.36. The molecule has 9 heteroatoms. The fourth-order valence-corrected chi connectivity index (χ4v) is 2.36. The van der Waals surface area contributed by atoms with E-state index in [2.05, 4.69) is 5.32 Å². The van der Waals surface area contributed by atoms with Crippen molar-refractivity contribution in [3.63, 3.8) is 0 Å². The lowest BCUT2D eigenvalue weighted by Crippen LogP contribution is -2.20. The number of carbonyl (C=O) groups excluding carboxylic acids is 2. The standard InChI is InChI=1S/C20H20N2O7/c1-13-8-15(22(25)26)5-6-18(13)21-19(23)12-29-20(24)7-4-14-9-16(27-2)11-17(10-14)28-3/h4-11H,12H2,1-3H3,(H,21,23)/b7-4+. The summed E-state index contributed by atoms with van der Waals surface area (Å²) >= 11 is 0. The van der Waals surface area contributed by atoms with Gasteiger partial charge >= 0.3 is 5.97 Å². The van der Waals surface area contributed by atoms with Crippen molar-refractivity contribution < 1.29 is 28.7 Å². The molecule has 0 heterocycles. The molecule has 2 rings (SSSR count). The lowest BCUT2D eigenvalue weighted by atomic mass is 10.2. The van der Waals surface area contributed by atoms with E-state index in [0.29, 0.717) is 28.3 Å². The Kier molecular flexibility index (Phi) is 7.30. The van der Waals surface area contributed by atoms with Crippen molar-refractivity contribution in [2.45, 2.75) is 6.92 Å². The Balaban J connectivity index is 1.91. The number of anilines is 1. The Morgan fingerprint density at radius 3 is 2.31 bits per heavy atom. The zero-order valence-corrected chi connectivity index (χ0v) is 16.1. The molecule has 2 aromatic carbocycles. The first-order chi connectivity index (χ1) is 13.8. The van der Waals surface area contributed by atoms with Crippen LogP contribution in [0.5, 0.6) is 11.5 Å². The van der Waals surface area contributed by atoms with Crippen LogP contribution < -0.4 is 14.8 Å². The summed E-state index contributed by atoms with van der Waals surface area (Å²) in [6.07, 6.45) is 2.68. The second-order valence-electron chi connectivity index (χ2n) is 5.89. The van der Waals surface area contributed by atoms with Gasteiger partial charge in [-0.15, -0.1) is 0 Å². The monoisotopic (exact) mass is 400 g/mol. The average Bonchev–Trinajstić information content (AvgIpc) is 2.71. The second-order valence-corrected chi connectivity index (χ2v) is 5.89. The highest BCUT2D eigenvalue weighted by atomic mass is 16.6. The number of rotatable bonds is 8. The van der Waals surface area contributed by atoms with E-state index in [4.69, 9.17) is 14.2 Å². The molecular weight excluding hydrogens is 380 g/mol. The van der Waals surface area contributed by atoms with E-state index in [1.807, 2.05) is 0 Å². The van der Waals surface area contributed by atoms with Gasteiger partial charge in [0.25, 0.3) is 11.6 Å². The van der Waals surface area contributed by atoms with Crippen LogP contribution in [-0.2, 0) is 14.3 Å². The van der Waals surface area contributed by atoms with Crippen LogP contribution in [0, 0.1) is 17.0 Å². The van der Waals surface area contributed by atoms with Crippen LogP contribution in [0.3, 0.4) is 0 Å². The maximum Gasteiger partial charge on any atom is 0.331 e. The van der Waals surface area contributed by atoms with Gasteiger partial charge in [0.1, 0.15) is 11.5 Å². The minimum Gasteiger partial charge on any atom is -0.497 e. The molecule has 0 atom stereocenters. The number of nitrogens with one attached hydrogen (secondary N) is 1. The first kappa shape index (κ1) is 21.4.